The molecule has 2 heterocycles. The van der Waals surface area contributed by atoms with E-state index in [1.807, 2.05) is 37.2 Å². The maximum atomic E-state index is 13.7. The molecule has 1 fully saturated rings. The number of methoxy groups -OCH3 is 1. The Balaban J connectivity index is 0.00000420. The average Bonchev–Trinajstić information content (AvgIpc) is 3.43. The minimum Gasteiger partial charge on any atom is -0.494 e. The quantitative estimate of drug-likeness (QED) is 0.416. The number of benzene rings is 2. The van der Waals surface area contributed by atoms with Crippen LogP contribution in [0, 0.1) is 5.41 Å². The maximum Gasteiger partial charge on any atom is 0.253 e. The molecule has 0 spiro atoms. The number of halogens is 1. The molecule has 2 aliphatic rings. The van der Waals surface area contributed by atoms with Gasteiger partial charge in [-0.15, -0.1) is 17.0 Å². The summed E-state index contributed by atoms with van der Waals surface area (Å²) in [6.07, 6.45) is 0.259. The van der Waals surface area contributed by atoms with Crippen molar-refractivity contribution in [2.45, 2.75) is 45.3 Å². The average molecular weight is 603 g/mol. The Morgan fingerprint density at radius 1 is 1.21 bits per heavy atom. The van der Waals surface area contributed by atoms with Gasteiger partial charge in [0.25, 0.3) is 5.91 Å². The zero-order valence-corrected chi connectivity index (χ0v) is 25.6. The fraction of sp³-hybridized carbons (Fsp3) is 0.483. The van der Waals surface area contributed by atoms with E-state index in [1.54, 1.807) is 25.1 Å². The molecule has 0 bridgehead atoms. The molecule has 3 N–H and O–H groups in total. The molecule has 2 aromatic carbocycles. The Kier molecular flexibility index (Phi) is 9.02. The summed E-state index contributed by atoms with van der Waals surface area (Å²) in [5.74, 6) is 0.640. The number of anilines is 2. The summed E-state index contributed by atoms with van der Waals surface area (Å²) in [6.45, 7) is 7.89. The molecule has 1 unspecified atom stereocenters. The lowest BCUT2D eigenvalue weighted by molar-refractivity contribution is 0.0955. The van der Waals surface area contributed by atoms with Gasteiger partial charge in [0.1, 0.15) is 11.6 Å². The van der Waals surface area contributed by atoms with E-state index in [9.17, 15) is 14.7 Å². The molecule has 0 aromatic heterocycles. The molecule has 0 radical (unpaired) electrons. The van der Waals surface area contributed by atoms with Crippen molar-refractivity contribution < 1.29 is 19.4 Å². The van der Waals surface area contributed by atoms with E-state index in [-0.39, 0.29) is 46.5 Å². The molecule has 0 aliphatic carbocycles. The number of amides is 1. The summed E-state index contributed by atoms with van der Waals surface area (Å²) in [4.78, 5) is 31.9. The third-order valence-corrected chi connectivity index (χ3v) is 7.35. The van der Waals surface area contributed by atoms with Gasteiger partial charge in [0.05, 0.1) is 31.0 Å². The second kappa shape index (κ2) is 11.6. The largest absolute Gasteiger partial charge is 0.494 e. The van der Waals surface area contributed by atoms with Crippen molar-refractivity contribution in [3.8, 4) is 5.75 Å². The van der Waals surface area contributed by atoms with Crippen molar-refractivity contribution in [1.82, 2.24) is 10.2 Å². The lowest BCUT2D eigenvalue weighted by Crippen LogP contribution is -2.31. The van der Waals surface area contributed by atoms with Crippen LogP contribution in [0.2, 0.25) is 0 Å². The number of hydrogen-bond acceptors (Lipinski definition) is 7. The van der Waals surface area contributed by atoms with E-state index >= 15 is 0 Å². The van der Waals surface area contributed by atoms with E-state index in [1.165, 1.54) is 0 Å². The minimum absolute atomic E-state index is 0. The summed E-state index contributed by atoms with van der Waals surface area (Å²) in [5, 5.41) is 21.6. The first kappa shape index (κ1) is 30.4. The van der Waals surface area contributed by atoms with Crippen LogP contribution < -0.4 is 19.9 Å². The highest BCUT2D eigenvalue weighted by Gasteiger charge is 2.32. The Hall–Kier alpha value is -3.11. The molecule has 1 amide bonds. The number of fused-ring (bicyclic) bond motifs is 1. The monoisotopic (exact) mass is 601 g/mol. The van der Waals surface area contributed by atoms with Crippen molar-refractivity contribution in [1.29, 1.82) is 5.41 Å². The van der Waals surface area contributed by atoms with Gasteiger partial charge in [-0.3, -0.25) is 15.0 Å². The van der Waals surface area contributed by atoms with Crippen LogP contribution in [0.1, 0.15) is 64.6 Å². The maximum absolute atomic E-state index is 13.7. The fourth-order valence-electron chi connectivity index (χ4n) is 5.27. The van der Waals surface area contributed by atoms with Crippen LogP contribution in [0.4, 0.5) is 11.4 Å². The first-order valence-electron chi connectivity index (χ1n) is 12.9. The van der Waals surface area contributed by atoms with Gasteiger partial charge in [-0.2, -0.15) is 0 Å². The first-order valence-corrected chi connectivity index (χ1v) is 12.9. The third kappa shape index (κ3) is 5.91. The van der Waals surface area contributed by atoms with E-state index in [2.05, 4.69) is 31.0 Å². The van der Waals surface area contributed by atoms with Crippen LogP contribution in [0.15, 0.2) is 24.3 Å². The Morgan fingerprint density at radius 3 is 2.44 bits per heavy atom. The Bertz CT molecular complexity index is 1290. The van der Waals surface area contributed by atoms with Crippen molar-refractivity contribution in [3.63, 3.8) is 0 Å². The van der Waals surface area contributed by atoms with E-state index in [0.717, 1.165) is 28.3 Å². The van der Waals surface area contributed by atoms with Crippen LogP contribution in [0.25, 0.3) is 0 Å². The number of rotatable bonds is 7. The predicted octanol–water partition coefficient (Wildman–Crippen LogP) is 3.59. The van der Waals surface area contributed by atoms with E-state index < -0.39 is 6.10 Å². The second-order valence-electron chi connectivity index (χ2n) is 11.3. The van der Waals surface area contributed by atoms with Crippen molar-refractivity contribution in [3.05, 3.63) is 52.1 Å². The molecule has 9 nitrogen and oxygen atoms in total. The highest BCUT2D eigenvalue weighted by Crippen LogP contribution is 2.41. The van der Waals surface area contributed by atoms with Crippen LogP contribution in [-0.4, -0.2) is 81.5 Å². The molecule has 4 rings (SSSR count). The van der Waals surface area contributed by atoms with Crippen LogP contribution in [-0.2, 0) is 12.0 Å². The number of nitrogens with one attached hydrogen (secondary N) is 2. The number of aliphatic hydroxyl groups excluding tert-OH is 1. The van der Waals surface area contributed by atoms with Gasteiger partial charge in [0.2, 0.25) is 0 Å². The van der Waals surface area contributed by atoms with Crippen molar-refractivity contribution in [2.75, 3.05) is 57.7 Å². The number of aliphatic hydroxyl groups is 1. The fourth-order valence-corrected chi connectivity index (χ4v) is 5.27. The topological polar surface area (TPSA) is 109 Å². The summed E-state index contributed by atoms with van der Waals surface area (Å²) in [7, 11) is 6.98. The second-order valence-corrected chi connectivity index (χ2v) is 11.3. The lowest BCUT2D eigenvalue weighted by Gasteiger charge is -2.29. The Morgan fingerprint density at radius 2 is 1.90 bits per heavy atom. The number of carbonyl (C=O) groups is 2. The number of hydrogen-bond donors (Lipinski definition) is 3. The SMILES string of the molecule is Br.CNC(=O)c1cc2c(cc1N(C)C)CN(CC(=O)c1cc(N3CCC(O)C3)c(OC)c(C(C)(C)C)c1)C2=N. The molecular formula is C29H40BrN5O4. The third-order valence-electron chi connectivity index (χ3n) is 7.35. The number of Topliss-reactive ketones (excluding diaryl/α,β-unsaturated/α-hetero) is 1. The highest BCUT2D eigenvalue weighted by atomic mass is 79.9. The molecule has 212 valence electrons. The molecule has 1 atom stereocenters. The van der Waals surface area contributed by atoms with Gasteiger partial charge in [0, 0.05) is 63.2 Å². The first-order chi connectivity index (χ1) is 17.8. The van der Waals surface area contributed by atoms with Gasteiger partial charge in [-0.05, 0) is 41.7 Å². The number of amidine groups is 1. The van der Waals surface area contributed by atoms with Crippen molar-refractivity contribution >= 4 is 45.9 Å². The zero-order chi connectivity index (χ0) is 27.9. The normalized spacial score (nSPS) is 16.6. The summed E-state index contributed by atoms with van der Waals surface area (Å²) >= 11 is 0. The Labute approximate surface area is 241 Å². The highest BCUT2D eigenvalue weighted by molar-refractivity contribution is 8.93. The number of β-amino-alcohol motifs (C(OH)–C–C–N with tert-alkyl or cyclic N) is 1. The van der Waals surface area contributed by atoms with Gasteiger partial charge in [-0.25, -0.2) is 0 Å². The molecule has 39 heavy (non-hydrogen) atoms. The molecule has 10 heteroatoms. The molecule has 2 aromatic rings. The number of ketones is 1. The zero-order valence-electron chi connectivity index (χ0n) is 23.8. The van der Waals surface area contributed by atoms with Crippen LogP contribution >= 0.6 is 17.0 Å². The minimum atomic E-state index is -0.410. The predicted molar refractivity (Wildman–Crippen MR) is 161 cm³/mol. The van der Waals surface area contributed by atoms with Gasteiger partial charge >= 0.3 is 0 Å². The van der Waals surface area contributed by atoms with E-state index in [0.29, 0.717) is 42.7 Å². The number of nitrogens with zero attached hydrogens (tertiary/aromatic N) is 3. The molecular weight excluding hydrogens is 562 g/mol. The van der Waals surface area contributed by atoms with E-state index in [4.69, 9.17) is 10.1 Å². The number of carbonyl (C=O) groups excluding carboxylic acids is 2. The summed E-state index contributed by atoms with van der Waals surface area (Å²) in [6, 6.07) is 7.44. The smallest absolute Gasteiger partial charge is 0.253 e. The standard InChI is InChI=1S/C29H39N5O4.BrH/c1-29(2,3)22-10-17(11-24(26(22)38-7)33-9-8-19(35)15-33)25(36)16-34-14-18-12-23(32(5)6)21(28(37)31-4)13-20(18)27(34)30;/h10-13,19,30,35H,8-9,14-16H2,1-7H3,(H,31,37);1H. The number of ether oxygens (including phenoxy) is 1. The molecule has 1 saturated heterocycles. The van der Waals surface area contributed by atoms with Gasteiger partial charge in [-0.1, -0.05) is 20.8 Å². The molecule has 2 aliphatic heterocycles. The lowest BCUT2D eigenvalue weighted by atomic mass is 9.84. The van der Waals surface area contributed by atoms with Crippen LogP contribution in [0.5, 0.6) is 5.75 Å². The van der Waals surface area contributed by atoms with Crippen molar-refractivity contribution in [2.24, 2.45) is 0 Å². The van der Waals surface area contributed by atoms with Gasteiger partial charge in [0.15, 0.2) is 5.78 Å². The summed E-state index contributed by atoms with van der Waals surface area (Å²) in [5.41, 5.74) is 4.86. The summed E-state index contributed by atoms with van der Waals surface area (Å²) < 4.78 is 5.83. The van der Waals surface area contributed by atoms with Gasteiger partial charge < -0.3 is 29.9 Å². The van der Waals surface area contributed by atoms with Crippen LogP contribution in [0.3, 0.4) is 0 Å². The molecule has 0 saturated carbocycles.